The second-order valence-electron chi connectivity index (χ2n) is 5.57. The van der Waals surface area contributed by atoms with Crippen molar-refractivity contribution in [3.8, 4) is 0 Å². The van der Waals surface area contributed by atoms with Crippen LogP contribution in [0, 0.1) is 5.92 Å². The zero-order valence-electron chi connectivity index (χ0n) is 13.1. The predicted molar refractivity (Wildman–Crippen MR) is 88.4 cm³/mol. The van der Waals surface area contributed by atoms with Crippen LogP contribution in [-0.2, 0) is 14.4 Å². The van der Waals surface area contributed by atoms with Crippen LogP contribution < -0.4 is 5.32 Å². The molecule has 23 heavy (non-hydrogen) atoms. The molecule has 124 valence electrons. The van der Waals surface area contributed by atoms with Gasteiger partial charge < -0.3 is 15.3 Å². The minimum Gasteiger partial charge on any atom is -0.481 e. The Morgan fingerprint density at radius 3 is 2.48 bits per heavy atom. The summed E-state index contributed by atoms with van der Waals surface area (Å²) < 4.78 is 0. The zero-order chi connectivity index (χ0) is 17.0. The number of thioether (sulfide) groups is 1. The molecule has 2 amide bonds. The van der Waals surface area contributed by atoms with Crippen LogP contribution >= 0.6 is 11.8 Å². The third-order valence-corrected chi connectivity index (χ3v) is 4.78. The first-order valence-corrected chi connectivity index (χ1v) is 8.30. The van der Waals surface area contributed by atoms with Gasteiger partial charge in [0, 0.05) is 30.6 Å². The molecule has 1 aromatic rings. The fourth-order valence-electron chi connectivity index (χ4n) is 2.49. The Hall–Kier alpha value is -2.02. The average Bonchev–Trinajstić information content (AvgIpc) is 2.98. The molecule has 2 rings (SSSR count). The highest BCUT2D eigenvalue weighted by Crippen LogP contribution is 2.27. The summed E-state index contributed by atoms with van der Waals surface area (Å²) in [6, 6.07) is 7.28. The van der Waals surface area contributed by atoms with Crippen molar-refractivity contribution in [3.63, 3.8) is 0 Å². The van der Waals surface area contributed by atoms with Gasteiger partial charge in [0.15, 0.2) is 0 Å². The fourth-order valence-corrected chi connectivity index (χ4v) is 3.45. The number of carbonyl (C=O) groups excluding carboxylic acids is 2. The van der Waals surface area contributed by atoms with Gasteiger partial charge in [-0.1, -0.05) is 0 Å². The van der Waals surface area contributed by atoms with Crippen LogP contribution in [0.2, 0.25) is 0 Å². The van der Waals surface area contributed by atoms with Crippen molar-refractivity contribution in [1.82, 2.24) is 4.90 Å². The second-order valence-corrected chi connectivity index (χ2v) is 6.99. The predicted octanol–water partition coefficient (Wildman–Crippen LogP) is 2.06. The number of carboxylic acids is 1. The second kappa shape index (κ2) is 7.50. The Bertz CT molecular complexity index is 603. The minimum atomic E-state index is -0.839. The molecular formula is C16H20N2O4S. The number of aliphatic carboxylic acids is 1. The van der Waals surface area contributed by atoms with Crippen molar-refractivity contribution >= 4 is 35.2 Å². The summed E-state index contributed by atoms with van der Waals surface area (Å²) >= 11 is 1.42. The highest BCUT2D eigenvalue weighted by atomic mass is 32.2. The summed E-state index contributed by atoms with van der Waals surface area (Å²) in [6.45, 7) is 4.06. The third-order valence-electron chi connectivity index (χ3n) is 3.68. The lowest BCUT2D eigenvalue weighted by Gasteiger charge is -2.20. The molecule has 1 saturated heterocycles. The SMILES string of the molecule is CC(=O)Nc1ccc(SC(C)C(=O)N2CCC(C(=O)O)C2)cc1. The van der Waals surface area contributed by atoms with Crippen LogP contribution in [0.25, 0.3) is 0 Å². The molecule has 1 heterocycles. The van der Waals surface area contributed by atoms with Crippen molar-refractivity contribution in [3.05, 3.63) is 24.3 Å². The maximum atomic E-state index is 12.4. The van der Waals surface area contributed by atoms with Gasteiger partial charge in [-0.25, -0.2) is 0 Å². The fraction of sp³-hybridized carbons (Fsp3) is 0.438. The number of nitrogens with zero attached hydrogens (tertiary/aromatic N) is 1. The number of nitrogens with one attached hydrogen (secondary N) is 1. The number of hydrogen-bond acceptors (Lipinski definition) is 4. The van der Waals surface area contributed by atoms with Gasteiger partial charge in [0.1, 0.15) is 0 Å². The van der Waals surface area contributed by atoms with E-state index in [0.29, 0.717) is 25.2 Å². The molecule has 0 aliphatic carbocycles. The van der Waals surface area contributed by atoms with Crippen molar-refractivity contribution < 1.29 is 19.5 Å². The number of carboxylic acid groups (broad SMARTS) is 1. The van der Waals surface area contributed by atoms with E-state index in [1.807, 2.05) is 19.1 Å². The van der Waals surface area contributed by atoms with E-state index in [2.05, 4.69) is 5.32 Å². The van der Waals surface area contributed by atoms with E-state index in [9.17, 15) is 14.4 Å². The van der Waals surface area contributed by atoms with Crippen LogP contribution in [0.4, 0.5) is 5.69 Å². The highest BCUT2D eigenvalue weighted by molar-refractivity contribution is 8.00. The number of rotatable bonds is 5. The lowest BCUT2D eigenvalue weighted by Crippen LogP contribution is -2.35. The molecule has 0 spiro atoms. The lowest BCUT2D eigenvalue weighted by molar-refractivity contribution is -0.141. The van der Waals surface area contributed by atoms with Crippen LogP contribution in [0.5, 0.6) is 0 Å². The molecule has 2 atom stereocenters. The van der Waals surface area contributed by atoms with E-state index >= 15 is 0 Å². The van der Waals surface area contributed by atoms with E-state index < -0.39 is 11.9 Å². The van der Waals surface area contributed by atoms with Crippen LogP contribution in [0.15, 0.2) is 29.2 Å². The maximum absolute atomic E-state index is 12.4. The van der Waals surface area contributed by atoms with Crippen molar-refractivity contribution in [2.75, 3.05) is 18.4 Å². The largest absolute Gasteiger partial charge is 0.481 e. The van der Waals surface area contributed by atoms with Crippen molar-refractivity contribution in [2.45, 2.75) is 30.4 Å². The van der Waals surface area contributed by atoms with Gasteiger partial charge in [0.05, 0.1) is 11.2 Å². The first kappa shape index (κ1) is 17.3. The Morgan fingerprint density at radius 2 is 1.96 bits per heavy atom. The summed E-state index contributed by atoms with van der Waals surface area (Å²) in [7, 11) is 0. The molecule has 6 nitrogen and oxygen atoms in total. The van der Waals surface area contributed by atoms with Gasteiger partial charge in [-0.3, -0.25) is 14.4 Å². The first-order valence-electron chi connectivity index (χ1n) is 7.42. The Labute approximate surface area is 139 Å². The van der Waals surface area contributed by atoms with Gasteiger partial charge in [0.25, 0.3) is 0 Å². The van der Waals surface area contributed by atoms with Crippen LogP contribution in [-0.4, -0.2) is 46.1 Å². The molecule has 0 radical (unpaired) electrons. The molecule has 2 unspecified atom stereocenters. The molecule has 1 aliphatic rings. The van der Waals surface area contributed by atoms with E-state index in [0.717, 1.165) is 4.90 Å². The Morgan fingerprint density at radius 1 is 1.30 bits per heavy atom. The summed E-state index contributed by atoms with van der Waals surface area (Å²) in [6.07, 6.45) is 0.518. The highest BCUT2D eigenvalue weighted by Gasteiger charge is 2.32. The lowest BCUT2D eigenvalue weighted by atomic mass is 10.1. The number of hydrogen-bond donors (Lipinski definition) is 2. The molecule has 2 N–H and O–H groups in total. The Balaban J connectivity index is 1.91. The van der Waals surface area contributed by atoms with E-state index in [1.54, 1.807) is 17.0 Å². The van der Waals surface area contributed by atoms with Gasteiger partial charge in [-0.2, -0.15) is 0 Å². The average molecular weight is 336 g/mol. The molecule has 1 aromatic carbocycles. The summed E-state index contributed by atoms with van der Waals surface area (Å²) in [5.41, 5.74) is 0.713. The van der Waals surface area contributed by atoms with Crippen molar-refractivity contribution in [2.24, 2.45) is 5.92 Å². The zero-order valence-corrected chi connectivity index (χ0v) is 13.9. The number of carbonyl (C=O) groups is 3. The van der Waals surface area contributed by atoms with E-state index in [1.165, 1.54) is 18.7 Å². The van der Waals surface area contributed by atoms with Gasteiger partial charge in [-0.05, 0) is 37.6 Å². The molecule has 1 aliphatic heterocycles. The van der Waals surface area contributed by atoms with E-state index in [4.69, 9.17) is 5.11 Å². The van der Waals surface area contributed by atoms with Gasteiger partial charge in [0.2, 0.25) is 11.8 Å². The molecule has 1 fully saturated rings. The smallest absolute Gasteiger partial charge is 0.308 e. The van der Waals surface area contributed by atoms with Crippen molar-refractivity contribution in [1.29, 1.82) is 0 Å². The van der Waals surface area contributed by atoms with Crippen LogP contribution in [0.1, 0.15) is 20.3 Å². The summed E-state index contributed by atoms with van der Waals surface area (Å²) in [5, 5.41) is 11.4. The maximum Gasteiger partial charge on any atom is 0.308 e. The van der Waals surface area contributed by atoms with E-state index in [-0.39, 0.29) is 17.1 Å². The quantitative estimate of drug-likeness (QED) is 0.804. The molecular weight excluding hydrogens is 316 g/mol. The monoisotopic (exact) mass is 336 g/mol. The number of benzene rings is 1. The van der Waals surface area contributed by atoms with Gasteiger partial charge in [-0.15, -0.1) is 11.8 Å². The molecule has 0 saturated carbocycles. The van der Waals surface area contributed by atoms with Gasteiger partial charge >= 0.3 is 5.97 Å². The number of likely N-dealkylation sites (tertiary alicyclic amines) is 1. The summed E-state index contributed by atoms with van der Waals surface area (Å²) in [5.74, 6) is -1.46. The standard InChI is InChI=1S/C16H20N2O4S/c1-10(15(20)18-8-7-12(9-18)16(21)22)23-14-5-3-13(4-6-14)17-11(2)19/h3-6,10,12H,7-9H2,1-2H3,(H,17,19)(H,21,22). The minimum absolute atomic E-state index is 0.0373. The first-order chi connectivity index (χ1) is 10.9. The van der Waals surface area contributed by atoms with Crippen LogP contribution in [0.3, 0.4) is 0 Å². The summed E-state index contributed by atoms with van der Waals surface area (Å²) in [4.78, 5) is 36.9. The number of anilines is 1. The molecule has 7 heteroatoms. The molecule has 0 bridgehead atoms. The number of amides is 2. The Kier molecular flexibility index (Phi) is 5.65. The molecule has 0 aromatic heterocycles. The third kappa shape index (κ3) is 4.72. The topological polar surface area (TPSA) is 86.7 Å². The normalized spacial score (nSPS) is 18.5.